The van der Waals surface area contributed by atoms with E-state index in [9.17, 15) is 9.18 Å². The highest BCUT2D eigenvalue weighted by molar-refractivity contribution is 5.86. The van der Waals surface area contributed by atoms with Gasteiger partial charge >= 0.3 is 5.97 Å². The normalized spacial score (nSPS) is 11.4. The second-order valence-corrected chi connectivity index (χ2v) is 3.79. The largest absolute Gasteiger partial charge is 0.478 e. The Hall–Kier alpha value is -1.84. The number of hydrogen-bond donors (Lipinski definition) is 2. The number of carboxylic acids is 1. The van der Waals surface area contributed by atoms with E-state index < -0.39 is 5.97 Å². The number of aryl methyl sites for hydroxylation is 1. The summed E-state index contributed by atoms with van der Waals surface area (Å²) in [6.45, 7) is 3.96. The van der Waals surface area contributed by atoms with E-state index in [1.54, 1.807) is 19.9 Å². The number of benzene rings is 1. The molecule has 0 aromatic heterocycles. The van der Waals surface area contributed by atoms with Crippen molar-refractivity contribution in [2.45, 2.75) is 20.3 Å². The van der Waals surface area contributed by atoms with Gasteiger partial charge in [-0.3, -0.25) is 0 Å². The molecule has 17 heavy (non-hydrogen) atoms. The van der Waals surface area contributed by atoms with E-state index in [0.29, 0.717) is 24.2 Å². The van der Waals surface area contributed by atoms with Crippen LogP contribution in [0.2, 0.25) is 0 Å². The highest BCUT2D eigenvalue weighted by Gasteiger charge is 2.03. The summed E-state index contributed by atoms with van der Waals surface area (Å²) in [6, 6.07) is 4.63. The molecule has 0 unspecified atom stereocenters. The first-order chi connectivity index (χ1) is 8.02. The summed E-state index contributed by atoms with van der Waals surface area (Å²) in [5, 5.41) is 11.8. The molecule has 1 rings (SSSR count). The molecule has 0 fully saturated rings. The Balaban J connectivity index is 2.64. The Morgan fingerprint density at radius 1 is 1.47 bits per heavy atom. The van der Waals surface area contributed by atoms with Crippen LogP contribution < -0.4 is 5.32 Å². The number of hydrogen-bond acceptors (Lipinski definition) is 2. The van der Waals surface area contributed by atoms with E-state index >= 15 is 0 Å². The summed E-state index contributed by atoms with van der Waals surface area (Å²) in [5.41, 5.74) is 1.83. The highest BCUT2D eigenvalue weighted by atomic mass is 19.1. The third kappa shape index (κ3) is 4.26. The van der Waals surface area contributed by atoms with Crippen molar-refractivity contribution in [1.82, 2.24) is 0 Å². The summed E-state index contributed by atoms with van der Waals surface area (Å²) in [4.78, 5) is 10.7. The Labute approximate surface area is 100.0 Å². The van der Waals surface area contributed by atoms with Crippen LogP contribution in [0.1, 0.15) is 18.9 Å². The van der Waals surface area contributed by atoms with Crippen molar-refractivity contribution in [2.75, 3.05) is 11.9 Å². The first-order valence-corrected chi connectivity index (χ1v) is 5.46. The number of anilines is 1. The number of carboxylic acid groups (broad SMARTS) is 1. The molecule has 0 saturated carbocycles. The summed E-state index contributed by atoms with van der Waals surface area (Å²) in [6.07, 6.45) is 2.07. The predicted octanol–water partition coefficient (Wildman–Crippen LogP) is 2.97. The fraction of sp³-hybridized carbons (Fsp3) is 0.308. The van der Waals surface area contributed by atoms with Crippen LogP contribution in [0.3, 0.4) is 0 Å². The van der Waals surface area contributed by atoms with E-state index in [-0.39, 0.29) is 5.82 Å². The molecule has 0 saturated heterocycles. The number of halogens is 1. The molecule has 4 heteroatoms. The van der Waals surface area contributed by atoms with Gasteiger partial charge in [-0.05, 0) is 37.1 Å². The number of nitrogens with one attached hydrogen (secondary N) is 1. The van der Waals surface area contributed by atoms with Gasteiger partial charge in [-0.15, -0.1) is 0 Å². The Morgan fingerprint density at radius 3 is 2.71 bits per heavy atom. The average molecular weight is 237 g/mol. The topological polar surface area (TPSA) is 49.3 Å². The van der Waals surface area contributed by atoms with Crippen LogP contribution in [0, 0.1) is 12.7 Å². The SMILES string of the molecule is CC/C(=C/CNc1cc(C)cc(F)c1)C(=O)O. The van der Waals surface area contributed by atoms with Crippen LogP contribution in [-0.4, -0.2) is 17.6 Å². The van der Waals surface area contributed by atoms with E-state index in [2.05, 4.69) is 5.32 Å². The minimum Gasteiger partial charge on any atom is -0.478 e. The first kappa shape index (κ1) is 13.2. The standard InChI is InChI=1S/C13H16FNO2/c1-3-10(13(16)17)4-5-15-12-7-9(2)6-11(14)8-12/h4,6-8,15H,3,5H2,1-2H3,(H,16,17)/b10-4-. The summed E-state index contributed by atoms with van der Waals surface area (Å²) in [7, 11) is 0. The molecule has 2 N–H and O–H groups in total. The van der Waals surface area contributed by atoms with E-state index in [4.69, 9.17) is 5.11 Å². The summed E-state index contributed by atoms with van der Waals surface area (Å²) in [5.74, 6) is -1.21. The van der Waals surface area contributed by atoms with Gasteiger partial charge in [0.25, 0.3) is 0 Å². The highest BCUT2D eigenvalue weighted by Crippen LogP contribution is 2.13. The van der Waals surface area contributed by atoms with Crippen LogP contribution in [-0.2, 0) is 4.79 Å². The maximum atomic E-state index is 13.1. The van der Waals surface area contributed by atoms with Crippen molar-refractivity contribution in [3.63, 3.8) is 0 Å². The molecule has 1 aromatic rings. The third-order valence-corrected chi connectivity index (χ3v) is 2.35. The Bertz CT molecular complexity index is 421. The van der Waals surface area contributed by atoms with E-state index in [1.165, 1.54) is 12.1 Å². The molecule has 92 valence electrons. The zero-order chi connectivity index (χ0) is 12.8. The second kappa shape index (κ2) is 6.03. The van der Waals surface area contributed by atoms with Crippen molar-refractivity contribution < 1.29 is 14.3 Å². The van der Waals surface area contributed by atoms with Crippen LogP contribution in [0.5, 0.6) is 0 Å². The molecule has 0 radical (unpaired) electrons. The van der Waals surface area contributed by atoms with Crippen molar-refractivity contribution in [1.29, 1.82) is 0 Å². The minimum absolute atomic E-state index is 0.301. The second-order valence-electron chi connectivity index (χ2n) is 3.79. The number of aliphatic carboxylic acids is 1. The molecular formula is C13H16FNO2. The van der Waals surface area contributed by atoms with Gasteiger partial charge in [0.15, 0.2) is 0 Å². The molecule has 0 amide bonds. The van der Waals surface area contributed by atoms with Crippen molar-refractivity contribution in [3.8, 4) is 0 Å². The van der Waals surface area contributed by atoms with Crippen LogP contribution in [0.4, 0.5) is 10.1 Å². The summed E-state index contributed by atoms with van der Waals surface area (Å²) >= 11 is 0. The lowest BCUT2D eigenvalue weighted by atomic mass is 10.2. The van der Waals surface area contributed by atoms with Gasteiger partial charge in [0.05, 0.1) is 0 Å². The monoisotopic (exact) mass is 237 g/mol. The van der Waals surface area contributed by atoms with Crippen LogP contribution in [0.15, 0.2) is 29.8 Å². The molecule has 1 aromatic carbocycles. The van der Waals surface area contributed by atoms with Gasteiger partial charge in [0, 0.05) is 17.8 Å². The fourth-order valence-electron chi connectivity index (χ4n) is 1.51. The first-order valence-electron chi connectivity index (χ1n) is 5.46. The smallest absolute Gasteiger partial charge is 0.331 e. The number of carbonyl (C=O) groups is 1. The molecule has 0 heterocycles. The lowest BCUT2D eigenvalue weighted by Gasteiger charge is -2.05. The lowest BCUT2D eigenvalue weighted by molar-refractivity contribution is -0.132. The van der Waals surface area contributed by atoms with Gasteiger partial charge in [-0.25, -0.2) is 9.18 Å². The van der Waals surface area contributed by atoms with Crippen molar-refractivity contribution >= 4 is 11.7 Å². The fourth-order valence-corrected chi connectivity index (χ4v) is 1.51. The molecule has 0 aliphatic rings. The molecular weight excluding hydrogens is 221 g/mol. The zero-order valence-electron chi connectivity index (χ0n) is 9.96. The molecule has 0 atom stereocenters. The van der Waals surface area contributed by atoms with Crippen LogP contribution in [0.25, 0.3) is 0 Å². The van der Waals surface area contributed by atoms with Gasteiger partial charge in [0.1, 0.15) is 5.82 Å². The average Bonchev–Trinajstić information content (AvgIpc) is 2.22. The Morgan fingerprint density at radius 2 is 2.18 bits per heavy atom. The molecule has 3 nitrogen and oxygen atoms in total. The lowest BCUT2D eigenvalue weighted by Crippen LogP contribution is -2.05. The van der Waals surface area contributed by atoms with E-state index in [1.807, 2.05) is 6.07 Å². The Kier molecular flexibility index (Phi) is 4.69. The third-order valence-electron chi connectivity index (χ3n) is 2.35. The molecule has 0 spiro atoms. The quantitative estimate of drug-likeness (QED) is 0.774. The van der Waals surface area contributed by atoms with Gasteiger partial charge in [-0.1, -0.05) is 13.0 Å². The maximum Gasteiger partial charge on any atom is 0.331 e. The van der Waals surface area contributed by atoms with Gasteiger partial charge in [0.2, 0.25) is 0 Å². The molecule has 0 bridgehead atoms. The summed E-state index contributed by atoms with van der Waals surface area (Å²) < 4.78 is 13.1. The minimum atomic E-state index is -0.912. The zero-order valence-corrected chi connectivity index (χ0v) is 9.96. The number of rotatable bonds is 5. The van der Waals surface area contributed by atoms with Gasteiger partial charge in [-0.2, -0.15) is 0 Å². The molecule has 0 aliphatic heterocycles. The predicted molar refractivity (Wildman–Crippen MR) is 65.6 cm³/mol. The maximum absolute atomic E-state index is 13.1. The van der Waals surface area contributed by atoms with Crippen molar-refractivity contribution in [2.24, 2.45) is 0 Å². The molecule has 0 aliphatic carbocycles. The van der Waals surface area contributed by atoms with Crippen LogP contribution >= 0.6 is 0 Å². The van der Waals surface area contributed by atoms with Crippen molar-refractivity contribution in [3.05, 3.63) is 41.2 Å². The van der Waals surface area contributed by atoms with E-state index in [0.717, 1.165) is 5.56 Å². The van der Waals surface area contributed by atoms with Gasteiger partial charge < -0.3 is 10.4 Å².